The smallest absolute Gasteiger partial charge is 0.144 e. The van der Waals surface area contributed by atoms with E-state index in [1.807, 2.05) is 12.1 Å². The fraction of sp³-hybridized carbons (Fsp3) is 0.333. The van der Waals surface area contributed by atoms with Crippen LogP contribution in [0.1, 0.15) is 35.1 Å². The number of furan rings is 1. The first-order chi connectivity index (χ1) is 9.28. The lowest BCUT2D eigenvalue weighted by molar-refractivity contribution is 0.507. The van der Waals surface area contributed by atoms with Gasteiger partial charge in [0, 0.05) is 4.88 Å². The van der Waals surface area contributed by atoms with Crippen molar-refractivity contribution in [1.29, 1.82) is 5.26 Å². The zero-order chi connectivity index (χ0) is 13.2. The molecule has 2 aromatic rings. The Morgan fingerprint density at radius 3 is 3.21 bits per heavy atom. The molecule has 1 aliphatic carbocycles. The fourth-order valence-corrected chi connectivity index (χ4v) is 3.73. The number of thiophene rings is 1. The summed E-state index contributed by atoms with van der Waals surface area (Å²) in [5.74, 6) is 1.42. The Balaban J connectivity index is 1.96. The zero-order valence-electron chi connectivity index (χ0n) is 10.7. The van der Waals surface area contributed by atoms with Gasteiger partial charge in [0.1, 0.15) is 16.8 Å². The van der Waals surface area contributed by atoms with Crippen LogP contribution in [0.15, 0.2) is 27.8 Å². The third-order valence-corrected chi connectivity index (χ3v) is 4.62. The number of nitrogens with zero attached hydrogens (tertiary/aromatic N) is 2. The highest BCUT2D eigenvalue weighted by Gasteiger charge is 2.23. The van der Waals surface area contributed by atoms with Crippen LogP contribution in [0.25, 0.3) is 0 Å². The highest BCUT2D eigenvalue weighted by Crippen LogP contribution is 2.40. The van der Waals surface area contributed by atoms with Gasteiger partial charge in [-0.05, 0) is 42.9 Å². The van der Waals surface area contributed by atoms with Crippen LogP contribution in [0.3, 0.4) is 0 Å². The summed E-state index contributed by atoms with van der Waals surface area (Å²) in [6, 6.07) is 5.99. The Morgan fingerprint density at radius 1 is 1.58 bits per heavy atom. The third-order valence-electron chi connectivity index (χ3n) is 3.46. The van der Waals surface area contributed by atoms with Crippen LogP contribution < -0.4 is 0 Å². The van der Waals surface area contributed by atoms with E-state index in [4.69, 9.17) is 4.42 Å². The Bertz CT molecular complexity index is 646. The summed E-state index contributed by atoms with van der Waals surface area (Å²) < 4.78 is 5.22. The molecule has 3 nitrogen and oxygen atoms in total. The first kappa shape index (κ1) is 12.2. The third kappa shape index (κ3) is 2.34. The van der Waals surface area contributed by atoms with Crippen LogP contribution in [0.5, 0.6) is 0 Å². The van der Waals surface area contributed by atoms with Crippen LogP contribution >= 0.6 is 11.3 Å². The van der Waals surface area contributed by atoms with Gasteiger partial charge in [0.15, 0.2) is 0 Å². The number of hydrogen-bond donors (Lipinski definition) is 0. The number of aliphatic imine (C=N–C) groups is 1. The molecule has 19 heavy (non-hydrogen) atoms. The summed E-state index contributed by atoms with van der Waals surface area (Å²) in [6.07, 6.45) is 6.55. The van der Waals surface area contributed by atoms with E-state index in [0.29, 0.717) is 11.7 Å². The lowest BCUT2D eigenvalue weighted by Gasteiger charge is -2.17. The molecule has 0 radical (unpaired) electrons. The predicted molar refractivity (Wildman–Crippen MR) is 76.2 cm³/mol. The van der Waals surface area contributed by atoms with E-state index in [2.05, 4.69) is 18.0 Å². The summed E-state index contributed by atoms with van der Waals surface area (Å²) in [6.45, 7) is 2.26. The lowest BCUT2D eigenvalue weighted by atomic mass is 9.89. The van der Waals surface area contributed by atoms with Crippen molar-refractivity contribution in [3.8, 4) is 6.07 Å². The largest absolute Gasteiger partial charge is 0.463 e. The van der Waals surface area contributed by atoms with Gasteiger partial charge in [0.25, 0.3) is 0 Å². The maximum absolute atomic E-state index is 9.35. The van der Waals surface area contributed by atoms with Gasteiger partial charge in [-0.15, -0.1) is 11.3 Å². The minimum absolute atomic E-state index is 0.708. The molecule has 0 saturated carbocycles. The Kier molecular flexibility index (Phi) is 3.22. The first-order valence-corrected chi connectivity index (χ1v) is 7.21. The van der Waals surface area contributed by atoms with Crippen molar-refractivity contribution in [2.45, 2.75) is 26.2 Å². The molecule has 1 atom stereocenters. The van der Waals surface area contributed by atoms with Gasteiger partial charge in [-0.2, -0.15) is 5.26 Å². The molecule has 0 saturated heterocycles. The molecule has 2 heterocycles. The number of rotatable bonds is 2. The van der Waals surface area contributed by atoms with Crippen molar-refractivity contribution < 1.29 is 4.42 Å². The van der Waals surface area contributed by atoms with Crippen molar-refractivity contribution in [1.82, 2.24) is 0 Å². The molecule has 0 spiro atoms. The van der Waals surface area contributed by atoms with Crippen LogP contribution in [-0.4, -0.2) is 6.21 Å². The first-order valence-electron chi connectivity index (χ1n) is 6.40. The molecule has 4 heteroatoms. The van der Waals surface area contributed by atoms with Crippen molar-refractivity contribution >= 4 is 22.6 Å². The topological polar surface area (TPSA) is 49.3 Å². The molecular formula is C15H14N2OS. The minimum Gasteiger partial charge on any atom is -0.463 e. The molecular weight excluding hydrogens is 256 g/mol. The molecule has 3 rings (SSSR count). The second-order valence-electron chi connectivity index (χ2n) is 4.92. The second-order valence-corrected chi connectivity index (χ2v) is 6.00. The average molecular weight is 270 g/mol. The SMILES string of the molecule is CC1CCc2c(sc(/N=C/c3ccco3)c2C#N)C1. The molecule has 0 aromatic carbocycles. The standard InChI is InChI=1S/C15H14N2OS/c1-10-4-5-12-13(8-16)15(19-14(12)7-10)17-9-11-3-2-6-18-11/h2-3,6,9-10H,4-5,7H2,1H3/b17-9+. The number of hydrogen-bond acceptors (Lipinski definition) is 4. The molecule has 0 bridgehead atoms. The number of fused-ring (bicyclic) bond motifs is 1. The molecule has 0 fully saturated rings. The van der Waals surface area contributed by atoms with Crippen molar-refractivity contribution in [3.63, 3.8) is 0 Å². The normalized spacial score (nSPS) is 18.4. The average Bonchev–Trinajstić information content (AvgIpc) is 3.02. The van der Waals surface area contributed by atoms with Crippen LogP contribution in [0.2, 0.25) is 0 Å². The maximum atomic E-state index is 9.35. The van der Waals surface area contributed by atoms with Crippen LogP contribution in [0, 0.1) is 17.2 Å². The van der Waals surface area contributed by atoms with Gasteiger partial charge in [-0.25, -0.2) is 4.99 Å². The predicted octanol–water partition coefficient (Wildman–Crippen LogP) is 4.09. The van der Waals surface area contributed by atoms with E-state index < -0.39 is 0 Å². The highest BCUT2D eigenvalue weighted by molar-refractivity contribution is 7.16. The highest BCUT2D eigenvalue weighted by atomic mass is 32.1. The van der Waals surface area contributed by atoms with E-state index in [0.717, 1.165) is 23.4 Å². The Labute approximate surface area is 116 Å². The molecule has 1 aliphatic rings. The molecule has 0 N–H and O–H groups in total. The van der Waals surface area contributed by atoms with Crippen LogP contribution in [-0.2, 0) is 12.8 Å². The second kappa shape index (κ2) is 5.02. The molecule has 1 unspecified atom stereocenters. The summed E-state index contributed by atoms with van der Waals surface area (Å²) in [7, 11) is 0. The van der Waals surface area contributed by atoms with E-state index in [-0.39, 0.29) is 0 Å². The van der Waals surface area contributed by atoms with Crippen LogP contribution in [0.4, 0.5) is 5.00 Å². The van der Waals surface area contributed by atoms with E-state index in [1.54, 1.807) is 23.8 Å². The van der Waals surface area contributed by atoms with Crippen molar-refractivity contribution in [2.75, 3.05) is 0 Å². The summed E-state index contributed by atoms with van der Waals surface area (Å²) >= 11 is 1.65. The van der Waals surface area contributed by atoms with Gasteiger partial charge >= 0.3 is 0 Å². The maximum Gasteiger partial charge on any atom is 0.144 e. The van der Waals surface area contributed by atoms with Gasteiger partial charge < -0.3 is 4.42 Å². The molecule has 2 aromatic heterocycles. The Morgan fingerprint density at radius 2 is 2.47 bits per heavy atom. The fourth-order valence-electron chi connectivity index (χ4n) is 2.43. The van der Waals surface area contributed by atoms with Gasteiger partial charge in [0.05, 0.1) is 18.0 Å². The van der Waals surface area contributed by atoms with E-state index >= 15 is 0 Å². The summed E-state index contributed by atoms with van der Waals surface area (Å²) in [4.78, 5) is 5.76. The Hall–Kier alpha value is -1.86. The van der Waals surface area contributed by atoms with Crippen molar-refractivity contribution in [2.24, 2.45) is 10.9 Å². The quantitative estimate of drug-likeness (QED) is 0.772. The summed E-state index contributed by atoms with van der Waals surface area (Å²) in [5.41, 5.74) is 1.98. The molecule has 0 amide bonds. The monoisotopic (exact) mass is 270 g/mol. The van der Waals surface area contributed by atoms with E-state index in [9.17, 15) is 5.26 Å². The lowest BCUT2D eigenvalue weighted by Crippen LogP contribution is -2.09. The number of nitriles is 1. The van der Waals surface area contributed by atoms with Crippen molar-refractivity contribution in [3.05, 3.63) is 40.2 Å². The van der Waals surface area contributed by atoms with Gasteiger partial charge in [-0.1, -0.05) is 6.92 Å². The van der Waals surface area contributed by atoms with Gasteiger partial charge in [-0.3, -0.25) is 0 Å². The van der Waals surface area contributed by atoms with Gasteiger partial charge in [0.2, 0.25) is 0 Å². The minimum atomic E-state index is 0.708. The zero-order valence-corrected chi connectivity index (χ0v) is 11.5. The molecule has 0 aliphatic heterocycles. The molecule has 96 valence electrons. The van der Waals surface area contributed by atoms with E-state index in [1.165, 1.54) is 16.9 Å². The summed E-state index contributed by atoms with van der Waals surface area (Å²) in [5, 5.41) is 10.2.